The summed E-state index contributed by atoms with van der Waals surface area (Å²) >= 11 is 3.63. The smallest absolute Gasteiger partial charge is 0.0823 e. The Morgan fingerprint density at radius 2 is 2.00 bits per heavy atom. The van der Waals surface area contributed by atoms with Gasteiger partial charge >= 0.3 is 0 Å². The molecule has 0 saturated carbocycles. The molecule has 1 heterocycles. The van der Waals surface area contributed by atoms with E-state index < -0.39 is 12.2 Å². The number of halogens is 1. The molecule has 2 N–H and O–H groups in total. The zero-order chi connectivity index (χ0) is 12.1. The van der Waals surface area contributed by atoms with Crippen molar-refractivity contribution in [3.05, 3.63) is 0 Å². The monoisotopic (exact) mass is 294 g/mol. The third-order valence-corrected chi connectivity index (χ3v) is 4.44. The Morgan fingerprint density at radius 1 is 1.31 bits per heavy atom. The number of aliphatic hydroxyl groups is 2. The summed E-state index contributed by atoms with van der Waals surface area (Å²) in [6.07, 6.45) is 3.00. The van der Waals surface area contributed by atoms with Gasteiger partial charge in [-0.3, -0.25) is 0 Å². The highest BCUT2D eigenvalue weighted by molar-refractivity contribution is 9.09. The summed E-state index contributed by atoms with van der Waals surface area (Å²) in [7, 11) is 0. The topological polar surface area (TPSA) is 49.7 Å². The van der Waals surface area contributed by atoms with E-state index in [1.165, 1.54) is 0 Å². The SMILES string of the molecule is CC[C@H](Br)[C@@H]1CCC[C@@H](O)[C@@H](O)C[C@H](C)O1. The summed E-state index contributed by atoms with van der Waals surface area (Å²) in [4.78, 5) is 0.363. The highest BCUT2D eigenvalue weighted by atomic mass is 79.9. The average molecular weight is 295 g/mol. The van der Waals surface area contributed by atoms with Crippen LogP contribution in [0.1, 0.15) is 46.0 Å². The predicted molar refractivity (Wildman–Crippen MR) is 67.8 cm³/mol. The van der Waals surface area contributed by atoms with Gasteiger partial charge in [0.05, 0.1) is 24.4 Å². The van der Waals surface area contributed by atoms with Crippen LogP contribution < -0.4 is 0 Å². The van der Waals surface area contributed by atoms with Crippen molar-refractivity contribution < 1.29 is 14.9 Å². The third kappa shape index (κ3) is 4.32. The highest BCUT2D eigenvalue weighted by Crippen LogP contribution is 2.24. The van der Waals surface area contributed by atoms with E-state index in [2.05, 4.69) is 22.9 Å². The van der Waals surface area contributed by atoms with Crippen LogP contribution in [0.4, 0.5) is 0 Å². The van der Waals surface area contributed by atoms with Crippen LogP contribution in [-0.4, -0.2) is 39.5 Å². The zero-order valence-corrected chi connectivity index (χ0v) is 11.7. The van der Waals surface area contributed by atoms with Crippen LogP contribution in [0.3, 0.4) is 0 Å². The first-order valence-electron chi connectivity index (χ1n) is 6.20. The van der Waals surface area contributed by atoms with E-state index in [9.17, 15) is 10.2 Å². The van der Waals surface area contributed by atoms with Gasteiger partial charge in [0.2, 0.25) is 0 Å². The fourth-order valence-electron chi connectivity index (χ4n) is 2.17. The van der Waals surface area contributed by atoms with Gasteiger partial charge in [-0.05, 0) is 32.6 Å². The molecule has 1 rings (SSSR count). The molecule has 0 radical (unpaired) electrons. The van der Waals surface area contributed by atoms with Gasteiger partial charge in [-0.25, -0.2) is 0 Å². The Labute approximate surface area is 106 Å². The summed E-state index contributed by atoms with van der Waals surface area (Å²) in [5.41, 5.74) is 0. The lowest BCUT2D eigenvalue weighted by molar-refractivity contribution is -0.0452. The van der Waals surface area contributed by atoms with Crippen molar-refractivity contribution in [1.82, 2.24) is 0 Å². The van der Waals surface area contributed by atoms with Gasteiger partial charge in [-0.15, -0.1) is 0 Å². The van der Waals surface area contributed by atoms with Crippen LogP contribution in [-0.2, 0) is 4.74 Å². The largest absolute Gasteiger partial charge is 0.390 e. The zero-order valence-electron chi connectivity index (χ0n) is 10.1. The molecule has 4 heteroatoms. The predicted octanol–water partition coefficient (Wildman–Crippen LogP) is 2.23. The maximum Gasteiger partial charge on any atom is 0.0823 e. The molecule has 0 aromatic heterocycles. The quantitative estimate of drug-likeness (QED) is 0.768. The number of aliphatic hydroxyl groups excluding tert-OH is 2. The molecule has 0 aromatic rings. The second kappa shape index (κ2) is 6.94. The first kappa shape index (κ1) is 14.4. The van der Waals surface area contributed by atoms with E-state index in [1.807, 2.05) is 6.92 Å². The van der Waals surface area contributed by atoms with Crippen molar-refractivity contribution in [2.75, 3.05) is 0 Å². The Morgan fingerprint density at radius 3 is 2.62 bits per heavy atom. The van der Waals surface area contributed by atoms with Crippen LogP contribution in [0.5, 0.6) is 0 Å². The fourth-order valence-corrected chi connectivity index (χ4v) is 2.56. The lowest BCUT2D eigenvalue weighted by atomic mass is 10.0. The Balaban J connectivity index is 2.58. The van der Waals surface area contributed by atoms with Crippen LogP contribution >= 0.6 is 15.9 Å². The van der Waals surface area contributed by atoms with Gasteiger partial charge in [0, 0.05) is 11.2 Å². The third-order valence-electron chi connectivity index (χ3n) is 3.21. The van der Waals surface area contributed by atoms with E-state index in [0.717, 1.165) is 19.3 Å². The van der Waals surface area contributed by atoms with Crippen molar-refractivity contribution in [2.24, 2.45) is 0 Å². The van der Waals surface area contributed by atoms with Gasteiger partial charge in [0.1, 0.15) is 0 Å². The Bertz CT molecular complexity index is 201. The number of hydrogen-bond acceptors (Lipinski definition) is 3. The van der Waals surface area contributed by atoms with E-state index in [4.69, 9.17) is 4.74 Å². The first-order valence-corrected chi connectivity index (χ1v) is 7.11. The van der Waals surface area contributed by atoms with Crippen LogP contribution in [0, 0.1) is 0 Å². The van der Waals surface area contributed by atoms with E-state index in [-0.39, 0.29) is 12.2 Å². The molecule has 1 saturated heterocycles. The molecular formula is C12H23BrO3. The van der Waals surface area contributed by atoms with Crippen molar-refractivity contribution in [3.63, 3.8) is 0 Å². The molecular weight excluding hydrogens is 272 g/mol. The van der Waals surface area contributed by atoms with Gasteiger partial charge in [-0.2, -0.15) is 0 Å². The maximum absolute atomic E-state index is 9.72. The Kier molecular flexibility index (Phi) is 6.26. The first-order chi connectivity index (χ1) is 7.54. The summed E-state index contributed by atoms with van der Waals surface area (Å²) in [6, 6.07) is 0. The average Bonchev–Trinajstić information content (AvgIpc) is 2.30. The molecule has 1 fully saturated rings. The van der Waals surface area contributed by atoms with Crippen molar-refractivity contribution in [1.29, 1.82) is 0 Å². The lowest BCUT2D eigenvalue weighted by Gasteiger charge is -2.25. The normalized spacial score (nSPS) is 39.6. The molecule has 1 aliphatic rings. The van der Waals surface area contributed by atoms with E-state index in [0.29, 0.717) is 17.7 Å². The molecule has 0 aliphatic carbocycles. The number of ether oxygens (including phenoxy) is 1. The van der Waals surface area contributed by atoms with Crippen molar-refractivity contribution >= 4 is 15.9 Å². The minimum absolute atomic E-state index is 0.000602. The molecule has 5 atom stereocenters. The molecule has 3 nitrogen and oxygen atoms in total. The molecule has 0 amide bonds. The Hall–Kier alpha value is 0.360. The standard InChI is InChI=1S/C12H23BrO3/c1-3-9(13)12-6-4-5-10(14)11(15)7-8(2)16-12/h8-12,14-15H,3-7H2,1-2H3/t8-,9-,10+,11-,12-/m0/s1. The number of rotatable bonds is 2. The number of alkyl halides is 1. The van der Waals surface area contributed by atoms with Crippen LogP contribution in [0.2, 0.25) is 0 Å². The molecule has 0 aromatic carbocycles. The van der Waals surface area contributed by atoms with E-state index in [1.54, 1.807) is 0 Å². The minimum Gasteiger partial charge on any atom is -0.390 e. The fraction of sp³-hybridized carbons (Fsp3) is 1.00. The number of hydrogen-bond donors (Lipinski definition) is 2. The molecule has 0 spiro atoms. The lowest BCUT2D eigenvalue weighted by Crippen LogP contribution is -2.31. The minimum atomic E-state index is -0.649. The molecule has 16 heavy (non-hydrogen) atoms. The van der Waals surface area contributed by atoms with Crippen molar-refractivity contribution in [2.45, 2.75) is 75.2 Å². The summed E-state index contributed by atoms with van der Waals surface area (Å²) < 4.78 is 5.92. The van der Waals surface area contributed by atoms with E-state index >= 15 is 0 Å². The summed E-state index contributed by atoms with van der Waals surface area (Å²) in [6.45, 7) is 4.09. The van der Waals surface area contributed by atoms with Crippen LogP contribution in [0.25, 0.3) is 0 Å². The molecule has 0 bridgehead atoms. The van der Waals surface area contributed by atoms with Gasteiger partial charge in [0.15, 0.2) is 0 Å². The molecule has 96 valence electrons. The van der Waals surface area contributed by atoms with Gasteiger partial charge in [-0.1, -0.05) is 22.9 Å². The van der Waals surface area contributed by atoms with Gasteiger partial charge < -0.3 is 14.9 Å². The maximum atomic E-state index is 9.72. The molecule has 1 aliphatic heterocycles. The second-order valence-electron chi connectivity index (χ2n) is 4.71. The second-order valence-corrected chi connectivity index (χ2v) is 5.89. The molecule has 0 unspecified atom stereocenters. The summed E-state index contributed by atoms with van der Waals surface area (Å²) in [5, 5.41) is 19.4. The van der Waals surface area contributed by atoms with Gasteiger partial charge in [0.25, 0.3) is 0 Å². The summed E-state index contributed by atoms with van der Waals surface area (Å²) in [5.74, 6) is 0. The van der Waals surface area contributed by atoms with Crippen LogP contribution in [0.15, 0.2) is 0 Å². The van der Waals surface area contributed by atoms with Crippen molar-refractivity contribution in [3.8, 4) is 0 Å². The highest BCUT2D eigenvalue weighted by Gasteiger charge is 2.27.